The normalized spacial score (nSPS) is 10.9. The van der Waals surface area contributed by atoms with E-state index in [-0.39, 0.29) is 5.91 Å². The largest absolute Gasteiger partial charge is 0.396 e. The van der Waals surface area contributed by atoms with Crippen molar-refractivity contribution in [3.8, 4) is 0 Å². The first-order valence-corrected chi connectivity index (χ1v) is 7.18. The molecule has 8 nitrogen and oxygen atoms in total. The minimum absolute atomic E-state index is 0.198. The average molecular weight is 303 g/mol. The summed E-state index contributed by atoms with van der Waals surface area (Å²) in [4.78, 5) is 21.5. The Kier molecular flexibility index (Phi) is 3.73. The number of hydrogen-bond donors (Lipinski definition) is 2. The fourth-order valence-electron chi connectivity index (χ4n) is 1.89. The molecule has 1 amide bonds. The maximum atomic E-state index is 12.1. The van der Waals surface area contributed by atoms with Gasteiger partial charge in [0.2, 0.25) is 0 Å². The summed E-state index contributed by atoms with van der Waals surface area (Å²) < 4.78 is 1.72. The number of amides is 1. The van der Waals surface area contributed by atoms with Gasteiger partial charge in [0.05, 0.1) is 11.9 Å². The molecule has 0 aromatic carbocycles. The van der Waals surface area contributed by atoms with E-state index in [1.54, 1.807) is 29.5 Å². The number of nitrogen functional groups attached to an aromatic ring is 1. The zero-order chi connectivity index (χ0) is 14.7. The average Bonchev–Trinajstić information content (AvgIpc) is 3.12. The fraction of sp³-hybridized carbons (Fsp3) is 0.250. The lowest BCUT2D eigenvalue weighted by molar-refractivity contribution is 0.0957. The van der Waals surface area contributed by atoms with Gasteiger partial charge in [-0.05, 0) is 6.42 Å². The molecule has 9 heteroatoms. The van der Waals surface area contributed by atoms with Gasteiger partial charge in [0.25, 0.3) is 5.91 Å². The number of thiophene rings is 1. The highest BCUT2D eigenvalue weighted by Crippen LogP contribution is 2.30. The summed E-state index contributed by atoms with van der Waals surface area (Å²) in [5.74, 6) is -0.198. The number of aromatic nitrogens is 5. The van der Waals surface area contributed by atoms with Crippen LogP contribution in [0.2, 0.25) is 0 Å². The van der Waals surface area contributed by atoms with Crippen molar-refractivity contribution in [2.45, 2.75) is 13.0 Å². The zero-order valence-corrected chi connectivity index (χ0v) is 11.9. The lowest BCUT2D eigenvalue weighted by Gasteiger charge is -2.04. The molecule has 0 saturated carbocycles. The number of aryl methyl sites for hydroxylation is 1. The van der Waals surface area contributed by atoms with Crippen LogP contribution in [0.15, 0.2) is 24.8 Å². The first kappa shape index (κ1) is 13.4. The number of nitrogens with zero attached hydrogens (tertiary/aromatic N) is 5. The summed E-state index contributed by atoms with van der Waals surface area (Å²) >= 11 is 1.25. The van der Waals surface area contributed by atoms with Crippen LogP contribution >= 0.6 is 11.3 Å². The Morgan fingerprint density at radius 1 is 1.33 bits per heavy atom. The fourth-order valence-corrected chi connectivity index (χ4v) is 2.83. The number of carbonyl (C=O) groups is 1. The van der Waals surface area contributed by atoms with Gasteiger partial charge in [-0.15, -0.1) is 16.4 Å². The molecule has 3 heterocycles. The van der Waals surface area contributed by atoms with Crippen LogP contribution in [0.25, 0.3) is 10.3 Å². The minimum atomic E-state index is -0.198. The molecule has 3 aromatic rings. The van der Waals surface area contributed by atoms with Crippen LogP contribution in [0.1, 0.15) is 16.1 Å². The van der Waals surface area contributed by atoms with E-state index in [0.29, 0.717) is 34.0 Å². The van der Waals surface area contributed by atoms with E-state index in [1.165, 1.54) is 11.3 Å². The maximum absolute atomic E-state index is 12.1. The quantitative estimate of drug-likeness (QED) is 0.671. The molecule has 0 aliphatic heterocycles. The van der Waals surface area contributed by atoms with Crippen LogP contribution < -0.4 is 11.1 Å². The van der Waals surface area contributed by atoms with Crippen molar-refractivity contribution in [2.75, 3.05) is 12.3 Å². The van der Waals surface area contributed by atoms with Crippen molar-refractivity contribution in [3.63, 3.8) is 0 Å². The van der Waals surface area contributed by atoms with E-state index in [1.807, 2.05) is 0 Å². The third-order valence-electron chi connectivity index (χ3n) is 2.89. The highest BCUT2D eigenvalue weighted by Gasteiger charge is 2.17. The van der Waals surface area contributed by atoms with Crippen molar-refractivity contribution in [3.05, 3.63) is 29.7 Å². The molecule has 0 atom stereocenters. The molecular formula is C12H13N7OS. The lowest BCUT2D eigenvalue weighted by Crippen LogP contribution is -2.25. The van der Waals surface area contributed by atoms with Crippen LogP contribution in [-0.4, -0.2) is 37.4 Å². The smallest absolute Gasteiger partial charge is 0.263 e. The predicted molar refractivity (Wildman–Crippen MR) is 78.8 cm³/mol. The summed E-state index contributed by atoms with van der Waals surface area (Å²) in [6, 6.07) is 0. The summed E-state index contributed by atoms with van der Waals surface area (Å²) in [5, 5.41) is 10.4. The number of nitrogens with two attached hydrogens (primary N) is 1. The standard InChI is InChI=1S/C12H13N7OS/c13-8-9-12(16-4-3-14-9)21-10(8)11(20)15-2-1-6-19-7-5-17-18-19/h3-5,7H,1-2,6,13H2,(H,15,20). The molecule has 0 saturated heterocycles. The monoisotopic (exact) mass is 303 g/mol. The van der Waals surface area contributed by atoms with Gasteiger partial charge in [-0.3, -0.25) is 9.48 Å². The minimum Gasteiger partial charge on any atom is -0.396 e. The molecule has 21 heavy (non-hydrogen) atoms. The number of anilines is 1. The van der Waals surface area contributed by atoms with E-state index in [2.05, 4.69) is 25.6 Å². The van der Waals surface area contributed by atoms with Crippen molar-refractivity contribution in [1.82, 2.24) is 30.3 Å². The van der Waals surface area contributed by atoms with Gasteiger partial charge < -0.3 is 11.1 Å². The maximum Gasteiger partial charge on any atom is 0.263 e. The molecule has 0 spiro atoms. The second-order valence-corrected chi connectivity index (χ2v) is 5.33. The summed E-state index contributed by atoms with van der Waals surface area (Å²) in [6.07, 6.45) is 7.30. The molecular weight excluding hydrogens is 290 g/mol. The number of hydrogen-bond acceptors (Lipinski definition) is 7. The zero-order valence-electron chi connectivity index (χ0n) is 11.1. The molecule has 0 bridgehead atoms. The van der Waals surface area contributed by atoms with Crippen LogP contribution in [0, 0.1) is 0 Å². The van der Waals surface area contributed by atoms with Gasteiger partial charge in [0.15, 0.2) is 0 Å². The summed E-state index contributed by atoms with van der Waals surface area (Å²) in [7, 11) is 0. The molecule has 0 fully saturated rings. The Balaban J connectivity index is 1.60. The summed E-state index contributed by atoms with van der Waals surface area (Å²) in [5.41, 5.74) is 6.91. The molecule has 3 aromatic heterocycles. The Hall–Kier alpha value is -2.55. The van der Waals surface area contributed by atoms with E-state index >= 15 is 0 Å². The molecule has 0 aliphatic rings. The first-order valence-electron chi connectivity index (χ1n) is 6.37. The molecule has 0 aliphatic carbocycles. The van der Waals surface area contributed by atoms with E-state index in [9.17, 15) is 4.79 Å². The van der Waals surface area contributed by atoms with Crippen LogP contribution in [-0.2, 0) is 6.54 Å². The van der Waals surface area contributed by atoms with Gasteiger partial charge in [0.1, 0.15) is 15.2 Å². The van der Waals surface area contributed by atoms with Crippen LogP contribution in [0.3, 0.4) is 0 Å². The Bertz CT molecular complexity index is 752. The second-order valence-electron chi connectivity index (χ2n) is 4.33. The molecule has 3 rings (SSSR count). The predicted octanol–water partition coefficient (Wildman–Crippen LogP) is 0.685. The highest BCUT2D eigenvalue weighted by atomic mass is 32.1. The van der Waals surface area contributed by atoms with E-state index in [4.69, 9.17) is 5.73 Å². The summed E-state index contributed by atoms with van der Waals surface area (Å²) in [6.45, 7) is 1.23. The Morgan fingerprint density at radius 3 is 2.95 bits per heavy atom. The van der Waals surface area contributed by atoms with Gasteiger partial charge in [-0.2, -0.15) is 0 Å². The number of nitrogens with one attached hydrogen (secondary N) is 1. The third kappa shape index (κ3) is 2.82. The van der Waals surface area contributed by atoms with E-state index in [0.717, 1.165) is 6.42 Å². The number of fused-ring (bicyclic) bond motifs is 1. The SMILES string of the molecule is Nc1c(C(=O)NCCCn2ccnn2)sc2nccnc12. The van der Waals surface area contributed by atoms with Crippen LogP contribution in [0.4, 0.5) is 5.69 Å². The van der Waals surface area contributed by atoms with Crippen LogP contribution in [0.5, 0.6) is 0 Å². The van der Waals surface area contributed by atoms with Gasteiger partial charge in [-0.25, -0.2) is 9.97 Å². The van der Waals surface area contributed by atoms with Gasteiger partial charge in [0, 0.05) is 31.7 Å². The lowest BCUT2D eigenvalue weighted by atomic mass is 10.3. The Labute approximate surface area is 124 Å². The first-order chi connectivity index (χ1) is 10.3. The topological polar surface area (TPSA) is 112 Å². The highest BCUT2D eigenvalue weighted by molar-refractivity contribution is 7.21. The Morgan fingerprint density at radius 2 is 2.19 bits per heavy atom. The molecule has 108 valence electrons. The molecule has 0 unspecified atom stereocenters. The number of carbonyl (C=O) groups excluding carboxylic acids is 1. The van der Waals surface area contributed by atoms with Crippen molar-refractivity contribution >= 4 is 33.3 Å². The van der Waals surface area contributed by atoms with Crippen molar-refractivity contribution in [2.24, 2.45) is 0 Å². The van der Waals surface area contributed by atoms with Crippen molar-refractivity contribution < 1.29 is 4.79 Å². The number of rotatable bonds is 5. The third-order valence-corrected chi connectivity index (χ3v) is 3.99. The second kappa shape index (κ2) is 5.83. The van der Waals surface area contributed by atoms with Crippen molar-refractivity contribution in [1.29, 1.82) is 0 Å². The molecule has 0 radical (unpaired) electrons. The van der Waals surface area contributed by atoms with Gasteiger partial charge >= 0.3 is 0 Å². The van der Waals surface area contributed by atoms with E-state index < -0.39 is 0 Å². The molecule has 3 N–H and O–H groups in total. The van der Waals surface area contributed by atoms with Gasteiger partial charge in [-0.1, -0.05) is 5.21 Å².